The second-order valence-electron chi connectivity index (χ2n) is 6.18. The Bertz CT molecular complexity index is 822. The highest BCUT2D eigenvalue weighted by atomic mass is 16.3. The lowest BCUT2D eigenvalue weighted by Gasteiger charge is -2.23. The van der Waals surface area contributed by atoms with Crippen molar-refractivity contribution in [2.75, 3.05) is 17.6 Å². The molecule has 0 aliphatic carbocycles. The van der Waals surface area contributed by atoms with E-state index in [4.69, 9.17) is 5.73 Å². The maximum absolute atomic E-state index is 12.4. The Morgan fingerprint density at radius 3 is 2.46 bits per heavy atom. The van der Waals surface area contributed by atoms with Crippen molar-refractivity contribution in [3.63, 3.8) is 0 Å². The molecule has 1 aromatic carbocycles. The lowest BCUT2D eigenvalue weighted by atomic mass is 10.0. The molecule has 0 aliphatic heterocycles. The average Bonchev–Trinajstić information content (AvgIpc) is 2.58. The molecule has 0 fully saturated rings. The van der Waals surface area contributed by atoms with Gasteiger partial charge in [-0.25, -0.2) is 4.79 Å². The third kappa shape index (κ3) is 3.68. The molecule has 1 aromatic heterocycles. The van der Waals surface area contributed by atoms with Gasteiger partial charge < -0.3 is 16.2 Å². The van der Waals surface area contributed by atoms with Gasteiger partial charge in [0.15, 0.2) is 0 Å². The molecular formula is C17H24N4O3. The molecule has 1 heterocycles. The van der Waals surface area contributed by atoms with E-state index in [1.807, 2.05) is 37.3 Å². The fourth-order valence-corrected chi connectivity index (χ4v) is 2.27. The molecule has 0 bridgehead atoms. The molecule has 1 atom stereocenters. The largest absolute Gasteiger partial charge is 0.388 e. The molecule has 0 saturated carbocycles. The quantitative estimate of drug-likeness (QED) is 0.724. The van der Waals surface area contributed by atoms with E-state index in [1.54, 1.807) is 6.92 Å². The zero-order chi connectivity index (χ0) is 17.9. The summed E-state index contributed by atoms with van der Waals surface area (Å²) in [6.07, 6.45) is 0.518. The third-order valence-electron chi connectivity index (χ3n) is 4.17. The molecule has 7 nitrogen and oxygen atoms in total. The van der Waals surface area contributed by atoms with Gasteiger partial charge in [0.2, 0.25) is 0 Å². The Morgan fingerprint density at radius 2 is 1.88 bits per heavy atom. The van der Waals surface area contributed by atoms with Crippen molar-refractivity contribution in [2.45, 2.75) is 32.4 Å². The van der Waals surface area contributed by atoms with E-state index < -0.39 is 16.9 Å². The highest BCUT2D eigenvalue weighted by Gasteiger charge is 2.21. The van der Waals surface area contributed by atoms with Crippen LogP contribution in [0, 0.1) is 0 Å². The monoisotopic (exact) mass is 332 g/mol. The zero-order valence-corrected chi connectivity index (χ0v) is 14.2. The number of nitrogens with two attached hydrogens (primary N) is 1. The standard InChI is InChI=1S/C17H24N4O3/c1-4-17(2,24)11-19-13-14(18)21(16(23)20(3)15(13)22)10-12-8-6-5-7-9-12/h5-9,19,24H,4,10-11,18H2,1-3H3. The second-order valence-corrected chi connectivity index (χ2v) is 6.18. The maximum Gasteiger partial charge on any atom is 0.332 e. The zero-order valence-electron chi connectivity index (χ0n) is 14.2. The summed E-state index contributed by atoms with van der Waals surface area (Å²) in [5.74, 6) is 0.0684. The lowest BCUT2D eigenvalue weighted by molar-refractivity contribution is 0.0697. The molecular weight excluding hydrogens is 308 g/mol. The Hall–Kier alpha value is -2.54. The van der Waals surface area contributed by atoms with Crippen LogP contribution in [-0.2, 0) is 13.6 Å². The highest BCUT2D eigenvalue weighted by Crippen LogP contribution is 2.15. The van der Waals surface area contributed by atoms with Crippen LogP contribution in [0.2, 0.25) is 0 Å². The van der Waals surface area contributed by atoms with Gasteiger partial charge in [-0.15, -0.1) is 0 Å². The lowest BCUT2D eigenvalue weighted by Crippen LogP contribution is -2.42. The number of aliphatic hydroxyl groups is 1. The molecule has 0 amide bonds. The van der Waals surface area contributed by atoms with Gasteiger partial charge in [-0.2, -0.15) is 0 Å². The topological polar surface area (TPSA) is 102 Å². The fraction of sp³-hybridized carbons (Fsp3) is 0.412. The van der Waals surface area contributed by atoms with Crippen LogP contribution >= 0.6 is 0 Å². The van der Waals surface area contributed by atoms with E-state index in [-0.39, 0.29) is 24.6 Å². The molecule has 2 rings (SSSR count). The van der Waals surface area contributed by atoms with Crippen molar-refractivity contribution in [3.8, 4) is 0 Å². The van der Waals surface area contributed by atoms with Gasteiger partial charge in [0.1, 0.15) is 11.5 Å². The van der Waals surface area contributed by atoms with Crippen LogP contribution in [0.5, 0.6) is 0 Å². The Labute approximate surface area is 140 Å². The number of nitrogens with one attached hydrogen (secondary N) is 1. The van der Waals surface area contributed by atoms with Gasteiger partial charge in [-0.1, -0.05) is 37.3 Å². The minimum Gasteiger partial charge on any atom is -0.388 e. The molecule has 0 saturated heterocycles. The van der Waals surface area contributed by atoms with E-state index in [1.165, 1.54) is 11.6 Å². The van der Waals surface area contributed by atoms with Crippen molar-refractivity contribution in [1.29, 1.82) is 0 Å². The predicted molar refractivity (Wildman–Crippen MR) is 95.3 cm³/mol. The van der Waals surface area contributed by atoms with E-state index in [0.29, 0.717) is 6.42 Å². The van der Waals surface area contributed by atoms with E-state index in [2.05, 4.69) is 5.32 Å². The first-order valence-electron chi connectivity index (χ1n) is 7.86. The molecule has 130 valence electrons. The summed E-state index contributed by atoms with van der Waals surface area (Å²) < 4.78 is 2.36. The SMILES string of the molecule is CCC(C)(O)CNc1c(N)n(Cc2ccccc2)c(=O)n(C)c1=O. The van der Waals surface area contributed by atoms with Crippen molar-refractivity contribution in [2.24, 2.45) is 7.05 Å². The summed E-state index contributed by atoms with van der Waals surface area (Å²) in [7, 11) is 1.41. The third-order valence-corrected chi connectivity index (χ3v) is 4.17. The fourth-order valence-electron chi connectivity index (χ4n) is 2.27. The molecule has 7 heteroatoms. The predicted octanol–water partition coefficient (Wildman–Crippen LogP) is 0.750. The van der Waals surface area contributed by atoms with Crippen molar-refractivity contribution in [3.05, 3.63) is 56.7 Å². The number of anilines is 2. The van der Waals surface area contributed by atoms with Gasteiger partial charge in [0, 0.05) is 13.6 Å². The number of hydrogen-bond donors (Lipinski definition) is 3. The Balaban J connectivity index is 2.45. The van der Waals surface area contributed by atoms with Crippen molar-refractivity contribution in [1.82, 2.24) is 9.13 Å². The number of benzene rings is 1. The molecule has 24 heavy (non-hydrogen) atoms. The summed E-state index contributed by atoms with van der Waals surface area (Å²) in [5.41, 5.74) is 5.15. The number of rotatable bonds is 6. The van der Waals surface area contributed by atoms with Crippen LogP contribution < -0.4 is 22.3 Å². The Morgan fingerprint density at radius 1 is 1.25 bits per heavy atom. The molecule has 4 N–H and O–H groups in total. The number of aromatic nitrogens is 2. The first-order valence-corrected chi connectivity index (χ1v) is 7.86. The Kier molecular flexibility index (Phi) is 5.14. The van der Waals surface area contributed by atoms with E-state index in [0.717, 1.165) is 10.1 Å². The summed E-state index contributed by atoms with van der Waals surface area (Å²) in [4.78, 5) is 24.7. The molecule has 0 radical (unpaired) electrons. The van der Waals surface area contributed by atoms with Crippen LogP contribution in [0.1, 0.15) is 25.8 Å². The minimum atomic E-state index is -0.974. The average molecular weight is 332 g/mol. The van der Waals surface area contributed by atoms with Gasteiger partial charge in [0.25, 0.3) is 5.56 Å². The van der Waals surface area contributed by atoms with Crippen LogP contribution in [0.15, 0.2) is 39.9 Å². The van der Waals surface area contributed by atoms with Crippen molar-refractivity contribution >= 4 is 11.5 Å². The van der Waals surface area contributed by atoms with Crippen LogP contribution in [-0.4, -0.2) is 26.4 Å². The van der Waals surface area contributed by atoms with Gasteiger partial charge >= 0.3 is 5.69 Å². The van der Waals surface area contributed by atoms with Gasteiger partial charge in [-0.3, -0.25) is 13.9 Å². The first-order chi connectivity index (χ1) is 11.3. The summed E-state index contributed by atoms with van der Waals surface area (Å²) >= 11 is 0. The summed E-state index contributed by atoms with van der Waals surface area (Å²) in [6.45, 7) is 3.94. The normalized spacial score (nSPS) is 13.5. The number of nitrogens with zero attached hydrogens (tertiary/aromatic N) is 2. The number of hydrogen-bond acceptors (Lipinski definition) is 5. The van der Waals surface area contributed by atoms with Gasteiger partial charge in [0.05, 0.1) is 12.1 Å². The summed E-state index contributed by atoms with van der Waals surface area (Å²) in [6, 6.07) is 9.39. The van der Waals surface area contributed by atoms with Crippen LogP contribution in [0.25, 0.3) is 0 Å². The van der Waals surface area contributed by atoms with E-state index >= 15 is 0 Å². The molecule has 1 unspecified atom stereocenters. The second kappa shape index (κ2) is 6.92. The smallest absolute Gasteiger partial charge is 0.332 e. The van der Waals surface area contributed by atoms with Crippen molar-refractivity contribution < 1.29 is 5.11 Å². The molecule has 0 aliphatic rings. The highest BCUT2D eigenvalue weighted by molar-refractivity contribution is 5.61. The maximum atomic E-state index is 12.4. The van der Waals surface area contributed by atoms with Crippen LogP contribution in [0.3, 0.4) is 0 Å². The summed E-state index contributed by atoms with van der Waals surface area (Å²) in [5, 5.41) is 13.0. The minimum absolute atomic E-state index is 0.0684. The van der Waals surface area contributed by atoms with Gasteiger partial charge in [-0.05, 0) is 18.9 Å². The number of nitrogen functional groups attached to an aromatic ring is 1. The molecule has 2 aromatic rings. The van der Waals surface area contributed by atoms with Crippen LogP contribution in [0.4, 0.5) is 11.5 Å². The van der Waals surface area contributed by atoms with E-state index in [9.17, 15) is 14.7 Å². The molecule has 0 spiro atoms. The first kappa shape index (κ1) is 17.8.